The smallest absolute Gasteiger partial charge is 0.333 e. The maximum Gasteiger partial charge on any atom is 0.333 e. The van der Waals surface area contributed by atoms with E-state index in [0.29, 0.717) is 0 Å². The second kappa shape index (κ2) is 6.23. The van der Waals surface area contributed by atoms with Crippen molar-refractivity contribution in [2.45, 2.75) is 51.6 Å². The summed E-state index contributed by atoms with van der Waals surface area (Å²) in [6.45, 7) is 1.75. The average Bonchev–Trinajstić information content (AvgIpc) is 2.45. The third kappa shape index (κ3) is 4.16. The highest BCUT2D eigenvalue weighted by Crippen LogP contribution is 2.18. The van der Waals surface area contributed by atoms with E-state index in [1.54, 1.807) is 6.92 Å². The first-order valence-electron chi connectivity index (χ1n) is 5.51. The zero-order valence-electron chi connectivity index (χ0n) is 9.16. The Morgan fingerprint density at radius 2 is 2.40 bits per heavy atom. The lowest BCUT2D eigenvalue weighted by Crippen LogP contribution is -2.16. The molecule has 0 N–H and O–H groups in total. The lowest BCUT2D eigenvalue weighted by molar-refractivity contribution is -0.143. The van der Waals surface area contributed by atoms with Gasteiger partial charge in [0.2, 0.25) is 0 Å². The Morgan fingerprint density at radius 1 is 1.60 bits per heavy atom. The van der Waals surface area contributed by atoms with E-state index in [0.717, 1.165) is 31.3 Å². The number of nitrogens with zero attached hydrogens (tertiary/aromatic N) is 1. The summed E-state index contributed by atoms with van der Waals surface area (Å²) in [5.74, 6) is -0.236. The molecule has 3 heteroatoms. The van der Waals surface area contributed by atoms with E-state index in [1.807, 2.05) is 12.1 Å². The van der Waals surface area contributed by atoms with Crippen LogP contribution >= 0.6 is 0 Å². The summed E-state index contributed by atoms with van der Waals surface area (Å²) >= 11 is 0. The van der Waals surface area contributed by atoms with Crippen molar-refractivity contribution in [2.24, 2.45) is 0 Å². The molecular weight excluding hydrogens is 190 g/mol. The molecule has 0 amide bonds. The zero-order valence-corrected chi connectivity index (χ0v) is 9.16. The lowest BCUT2D eigenvalue weighted by atomic mass is 10.1. The number of nitriles is 1. The molecule has 0 radical (unpaired) electrons. The molecular formula is C12H17NO2. The zero-order chi connectivity index (χ0) is 11.1. The van der Waals surface area contributed by atoms with Crippen LogP contribution in [-0.4, -0.2) is 12.1 Å². The van der Waals surface area contributed by atoms with Crippen molar-refractivity contribution < 1.29 is 9.53 Å². The van der Waals surface area contributed by atoms with Crippen molar-refractivity contribution in [3.63, 3.8) is 0 Å². The van der Waals surface area contributed by atoms with Crippen molar-refractivity contribution in [3.05, 3.63) is 11.6 Å². The summed E-state index contributed by atoms with van der Waals surface area (Å²) < 4.78 is 5.16. The minimum Gasteiger partial charge on any atom is -0.458 e. The van der Waals surface area contributed by atoms with Gasteiger partial charge >= 0.3 is 5.97 Å². The molecule has 0 saturated heterocycles. The molecule has 1 aliphatic carbocycles. The fourth-order valence-electron chi connectivity index (χ4n) is 1.63. The quantitative estimate of drug-likeness (QED) is 0.668. The number of allylic oxidation sites excluding steroid dienone is 1. The Kier molecular flexibility index (Phi) is 4.89. The minimum atomic E-state index is -0.299. The maximum atomic E-state index is 11.6. The monoisotopic (exact) mass is 207 g/mol. The number of carbonyl (C=O) groups excluding carboxylic acids is 1. The highest BCUT2D eigenvalue weighted by atomic mass is 16.5. The molecule has 1 atom stereocenters. The van der Waals surface area contributed by atoms with Gasteiger partial charge in [0, 0.05) is 5.57 Å². The molecule has 3 nitrogen and oxygen atoms in total. The van der Waals surface area contributed by atoms with Gasteiger partial charge in [-0.15, -0.1) is 0 Å². The van der Waals surface area contributed by atoms with E-state index in [1.165, 1.54) is 6.42 Å². The van der Waals surface area contributed by atoms with Crippen molar-refractivity contribution in [1.82, 2.24) is 0 Å². The number of carbonyl (C=O) groups is 1. The molecule has 1 rings (SSSR count). The van der Waals surface area contributed by atoms with Gasteiger partial charge in [-0.25, -0.2) is 4.79 Å². The fraction of sp³-hybridized carbons (Fsp3) is 0.667. The summed E-state index contributed by atoms with van der Waals surface area (Å²) in [6.07, 6.45) is 7.13. The standard InChI is InChI=1S/C12H17NO2/c1-10(8-9-13)15-12(14)11-6-4-2-3-5-7-11/h6,10H,2-5,7-8H2,1H3/t10-/m1/s1. The Bertz CT molecular complexity index is 288. The van der Waals surface area contributed by atoms with Crippen molar-refractivity contribution in [2.75, 3.05) is 0 Å². The number of hydrogen-bond acceptors (Lipinski definition) is 3. The Hall–Kier alpha value is -1.30. The van der Waals surface area contributed by atoms with Crippen molar-refractivity contribution in [1.29, 1.82) is 5.26 Å². The summed E-state index contributed by atoms with van der Waals surface area (Å²) in [6, 6.07) is 1.99. The molecule has 0 bridgehead atoms. The van der Waals surface area contributed by atoms with Crippen LogP contribution in [0.4, 0.5) is 0 Å². The number of ether oxygens (including phenoxy) is 1. The van der Waals surface area contributed by atoms with Gasteiger partial charge in [-0.2, -0.15) is 5.26 Å². The van der Waals surface area contributed by atoms with Crippen LogP contribution in [0.25, 0.3) is 0 Å². The topological polar surface area (TPSA) is 50.1 Å². The van der Waals surface area contributed by atoms with Crippen LogP contribution in [0, 0.1) is 11.3 Å². The van der Waals surface area contributed by atoms with E-state index in [9.17, 15) is 4.79 Å². The normalized spacial score (nSPS) is 18.3. The predicted octanol–water partition coefficient (Wildman–Crippen LogP) is 2.72. The van der Waals surface area contributed by atoms with Crippen LogP contribution in [0.3, 0.4) is 0 Å². The van der Waals surface area contributed by atoms with Crippen LogP contribution < -0.4 is 0 Å². The first-order valence-corrected chi connectivity index (χ1v) is 5.51. The molecule has 0 aromatic carbocycles. The molecule has 0 heterocycles. The molecule has 0 spiro atoms. The minimum absolute atomic E-state index is 0.236. The molecule has 0 aliphatic heterocycles. The molecule has 0 unspecified atom stereocenters. The second-order valence-corrected chi connectivity index (χ2v) is 3.91. The number of hydrogen-bond donors (Lipinski definition) is 0. The Labute approximate surface area is 90.7 Å². The molecule has 0 saturated carbocycles. The van der Waals surface area contributed by atoms with Gasteiger partial charge in [-0.05, 0) is 32.6 Å². The van der Waals surface area contributed by atoms with Gasteiger partial charge in [0.15, 0.2) is 0 Å². The molecule has 15 heavy (non-hydrogen) atoms. The van der Waals surface area contributed by atoms with E-state index in [-0.39, 0.29) is 18.5 Å². The summed E-state index contributed by atoms with van der Waals surface area (Å²) in [5.41, 5.74) is 0.789. The highest BCUT2D eigenvalue weighted by molar-refractivity contribution is 5.88. The van der Waals surface area contributed by atoms with E-state index in [4.69, 9.17) is 10.00 Å². The van der Waals surface area contributed by atoms with Gasteiger partial charge in [0.25, 0.3) is 0 Å². The summed E-state index contributed by atoms with van der Waals surface area (Å²) in [7, 11) is 0. The Morgan fingerprint density at radius 3 is 3.13 bits per heavy atom. The first-order chi connectivity index (χ1) is 7.24. The fourth-order valence-corrected chi connectivity index (χ4v) is 1.63. The van der Waals surface area contributed by atoms with E-state index >= 15 is 0 Å². The Balaban J connectivity index is 2.45. The maximum absolute atomic E-state index is 11.6. The van der Waals surface area contributed by atoms with E-state index < -0.39 is 0 Å². The largest absolute Gasteiger partial charge is 0.458 e. The highest BCUT2D eigenvalue weighted by Gasteiger charge is 2.15. The van der Waals surface area contributed by atoms with Crippen LogP contribution in [0.15, 0.2) is 11.6 Å². The SMILES string of the molecule is C[C@H](CC#N)OC(=O)C1=CCCCCC1. The lowest BCUT2D eigenvalue weighted by Gasteiger charge is -2.11. The predicted molar refractivity (Wildman–Crippen MR) is 57.0 cm³/mol. The van der Waals surface area contributed by atoms with Gasteiger partial charge in [-0.3, -0.25) is 0 Å². The van der Waals surface area contributed by atoms with E-state index in [2.05, 4.69) is 0 Å². The molecule has 82 valence electrons. The van der Waals surface area contributed by atoms with Gasteiger partial charge in [0.05, 0.1) is 12.5 Å². The van der Waals surface area contributed by atoms with Crippen molar-refractivity contribution >= 4 is 5.97 Å². The first kappa shape index (κ1) is 11.8. The van der Waals surface area contributed by atoms with Crippen LogP contribution in [-0.2, 0) is 9.53 Å². The van der Waals surface area contributed by atoms with Crippen LogP contribution in [0.1, 0.15) is 45.4 Å². The third-order valence-electron chi connectivity index (χ3n) is 2.49. The summed E-state index contributed by atoms with van der Waals surface area (Å²) in [5, 5.41) is 8.45. The molecule has 0 aromatic rings. The number of esters is 1. The third-order valence-corrected chi connectivity index (χ3v) is 2.49. The van der Waals surface area contributed by atoms with Crippen LogP contribution in [0.5, 0.6) is 0 Å². The van der Waals surface area contributed by atoms with Crippen LogP contribution in [0.2, 0.25) is 0 Å². The van der Waals surface area contributed by atoms with Gasteiger partial charge in [-0.1, -0.05) is 12.5 Å². The molecule has 1 aliphatic rings. The van der Waals surface area contributed by atoms with Gasteiger partial charge < -0.3 is 4.74 Å². The molecule has 0 fully saturated rings. The summed E-state index contributed by atoms with van der Waals surface area (Å²) in [4.78, 5) is 11.6. The number of rotatable bonds is 3. The molecule has 0 aromatic heterocycles. The van der Waals surface area contributed by atoms with Crippen molar-refractivity contribution in [3.8, 4) is 6.07 Å². The second-order valence-electron chi connectivity index (χ2n) is 3.91. The average molecular weight is 207 g/mol. The van der Waals surface area contributed by atoms with Gasteiger partial charge in [0.1, 0.15) is 6.10 Å².